The molecule has 3 nitrogen and oxygen atoms in total. The Balaban J connectivity index is 1.53. The summed E-state index contributed by atoms with van der Waals surface area (Å²) in [6, 6.07) is 9.88. The van der Waals surface area contributed by atoms with E-state index in [-0.39, 0.29) is 5.82 Å². The van der Waals surface area contributed by atoms with E-state index in [0.29, 0.717) is 17.4 Å². The van der Waals surface area contributed by atoms with E-state index in [0.717, 1.165) is 21.9 Å². The molecule has 3 aromatic rings. The number of halogens is 2. The van der Waals surface area contributed by atoms with Gasteiger partial charge in [0.1, 0.15) is 11.6 Å². The van der Waals surface area contributed by atoms with Gasteiger partial charge < -0.3 is 4.57 Å². The molecule has 1 saturated carbocycles. The lowest BCUT2D eigenvalue weighted by molar-refractivity contribution is 0.615. The molecule has 1 aliphatic rings. The molecule has 0 unspecified atom stereocenters. The Hall–Kier alpha value is -1.18. The number of hydrogen-bond acceptors (Lipinski definition) is 4. The van der Waals surface area contributed by atoms with Crippen LogP contribution in [0.4, 0.5) is 4.39 Å². The first-order valence-corrected chi connectivity index (χ1v) is 10.4. The molecule has 124 valence electrons. The number of aromatic nitrogens is 3. The summed E-state index contributed by atoms with van der Waals surface area (Å²) in [6.07, 6.45) is 3.17. The third-order valence-corrected chi connectivity index (χ3v) is 6.29. The highest BCUT2D eigenvalue weighted by Gasteiger charge is 2.29. The average molecular weight is 424 g/mol. The van der Waals surface area contributed by atoms with Crippen LogP contribution in [0.1, 0.15) is 35.1 Å². The lowest BCUT2D eigenvalue weighted by Gasteiger charge is -2.08. The second-order valence-electron chi connectivity index (χ2n) is 5.78. The van der Waals surface area contributed by atoms with Gasteiger partial charge in [0.25, 0.3) is 0 Å². The summed E-state index contributed by atoms with van der Waals surface area (Å²) >= 11 is 6.59. The smallest absolute Gasteiger partial charge is 0.191 e. The van der Waals surface area contributed by atoms with Crippen molar-refractivity contribution in [3.63, 3.8) is 0 Å². The summed E-state index contributed by atoms with van der Waals surface area (Å²) in [7, 11) is 0. The van der Waals surface area contributed by atoms with E-state index in [9.17, 15) is 4.39 Å². The minimum absolute atomic E-state index is 0.187. The van der Waals surface area contributed by atoms with Crippen molar-refractivity contribution in [3.8, 4) is 0 Å². The first kappa shape index (κ1) is 16.3. The summed E-state index contributed by atoms with van der Waals surface area (Å²) < 4.78 is 17.0. The maximum Gasteiger partial charge on any atom is 0.191 e. The topological polar surface area (TPSA) is 30.7 Å². The summed E-state index contributed by atoms with van der Waals surface area (Å²) in [5, 5.41) is 11.7. The molecule has 24 heavy (non-hydrogen) atoms. The van der Waals surface area contributed by atoms with Crippen molar-refractivity contribution >= 4 is 39.0 Å². The Bertz CT molecular complexity index is 844. The third kappa shape index (κ3) is 3.58. The van der Waals surface area contributed by atoms with Crippen LogP contribution in [0.25, 0.3) is 0 Å². The molecule has 0 atom stereocenters. The second-order valence-corrected chi connectivity index (χ2v) is 8.67. The lowest BCUT2D eigenvalue weighted by atomic mass is 10.2. The van der Waals surface area contributed by atoms with Crippen molar-refractivity contribution in [1.29, 1.82) is 0 Å². The van der Waals surface area contributed by atoms with Gasteiger partial charge in [0.2, 0.25) is 0 Å². The number of nitrogens with zero attached hydrogens (tertiary/aromatic N) is 3. The van der Waals surface area contributed by atoms with Crippen LogP contribution in [0.5, 0.6) is 0 Å². The van der Waals surface area contributed by atoms with E-state index in [2.05, 4.69) is 48.2 Å². The summed E-state index contributed by atoms with van der Waals surface area (Å²) in [6.45, 7) is 0. The number of hydrogen-bond donors (Lipinski definition) is 0. The quantitative estimate of drug-likeness (QED) is 0.493. The molecule has 2 heterocycles. The Morgan fingerprint density at radius 1 is 1.29 bits per heavy atom. The first-order chi connectivity index (χ1) is 11.7. The van der Waals surface area contributed by atoms with Gasteiger partial charge in [-0.3, -0.25) is 0 Å². The van der Waals surface area contributed by atoms with Crippen LogP contribution < -0.4 is 0 Å². The van der Waals surface area contributed by atoms with Gasteiger partial charge in [-0.25, -0.2) is 4.39 Å². The summed E-state index contributed by atoms with van der Waals surface area (Å²) in [4.78, 5) is 1.29. The van der Waals surface area contributed by atoms with Gasteiger partial charge in [0.15, 0.2) is 5.16 Å². The van der Waals surface area contributed by atoms with E-state index in [1.165, 1.54) is 23.8 Å². The molecule has 1 aromatic carbocycles. The summed E-state index contributed by atoms with van der Waals surface area (Å²) in [5.41, 5.74) is 0.688. The van der Waals surface area contributed by atoms with Crippen LogP contribution >= 0.6 is 39.0 Å². The van der Waals surface area contributed by atoms with E-state index < -0.39 is 0 Å². The van der Waals surface area contributed by atoms with Crippen molar-refractivity contribution in [2.45, 2.75) is 36.2 Å². The monoisotopic (exact) mass is 423 g/mol. The second kappa shape index (κ2) is 6.98. The highest BCUT2D eigenvalue weighted by molar-refractivity contribution is 9.10. The molecule has 1 aliphatic carbocycles. The largest absolute Gasteiger partial charge is 0.303 e. The van der Waals surface area contributed by atoms with Gasteiger partial charge in [0.05, 0.1) is 0 Å². The van der Waals surface area contributed by atoms with Gasteiger partial charge in [-0.15, -0.1) is 21.5 Å². The molecular formula is C17H15BrFN3S2. The first-order valence-electron chi connectivity index (χ1n) is 7.73. The van der Waals surface area contributed by atoms with Gasteiger partial charge in [-0.05, 0) is 42.0 Å². The highest BCUT2D eigenvalue weighted by Crippen LogP contribution is 2.40. The van der Waals surface area contributed by atoms with Gasteiger partial charge in [0, 0.05) is 27.6 Å². The molecule has 0 spiro atoms. The fourth-order valence-corrected chi connectivity index (χ4v) is 4.62. The molecule has 0 N–H and O–H groups in total. The van der Waals surface area contributed by atoms with Crippen LogP contribution in [-0.4, -0.2) is 14.8 Å². The van der Waals surface area contributed by atoms with Crippen molar-refractivity contribution in [2.75, 3.05) is 0 Å². The lowest BCUT2D eigenvalue weighted by Crippen LogP contribution is -2.03. The Kier molecular flexibility index (Phi) is 4.74. The van der Waals surface area contributed by atoms with E-state index in [1.807, 2.05) is 12.1 Å². The molecule has 0 amide bonds. The van der Waals surface area contributed by atoms with Crippen LogP contribution in [0.3, 0.4) is 0 Å². The summed E-state index contributed by atoms with van der Waals surface area (Å²) in [5.74, 6) is 1.38. The minimum atomic E-state index is -0.187. The fraction of sp³-hybridized carbons (Fsp3) is 0.294. The van der Waals surface area contributed by atoms with Crippen molar-refractivity contribution < 1.29 is 4.39 Å². The molecule has 0 bridgehead atoms. The third-order valence-electron chi connectivity index (χ3n) is 3.93. The SMILES string of the molecule is Fc1cc(Br)ccc1CSc1nnc(Cc2cccs2)n1C1CC1. The molecule has 7 heteroatoms. The Labute approximate surface area is 156 Å². The molecule has 0 aliphatic heterocycles. The van der Waals surface area contributed by atoms with Crippen LogP contribution in [0.2, 0.25) is 0 Å². The van der Waals surface area contributed by atoms with Gasteiger partial charge >= 0.3 is 0 Å². The predicted octanol–water partition coefficient (Wildman–Crippen LogP) is 5.46. The molecular weight excluding hydrogens is 409 g/mol. The maximum atomic E-state index is 14.0. The van der Waals surface area contributed by atoms with E-state index in [4.69, 9.17) is 0 Å². The van der Waals surface area contributed by atoms with Gasteiger partial charge in [-0.2, -0.15) is 0 Å². The Morgan fingerprint density at radius 2 is 2.17 bits per heavy atom. The highest BCUT2D eigenvalue weighted by atomic mass is 79.9. The van der Waals surface area contributed by atoms with E-state index in [1.54, 1.807) is 23.1 Å². The number of rotatable bonds is 6. The number of thioether (sulfide) groups is 1. The molecule has 2 aromatic heterocycles. The zero-order valence-electron chi connectivity index (χ0n) is 12.8. The van der Waals surface area contributed by atoms with Crippen molar-refractivity contribution in [3.05, 3.63) is 62.3 Å². The average Bonchev–Trinajstić information content (AvgIpc) is 3.11. The molecule has 4 rings (SSSR count). The van der Waals surface area contributed by atoms with Crippen molar-refractivity contribution in [2.24, 2.45) is 0 Å². The van der Waals surface area contributed by atoms with Crippen LogP contribution in [0, 0.1) is 5.82 Å². The predicted molar refractivity (Wildman–Crippen MR) is 99.1 cm³/mol. The number of thiophene rings is 1. The van der Waals surface area contributed by atoms with Gasteiger partial charge in [-0.1, -0.05) is 39.8 Å². The zero-order valence-corrected chi connectivity index (χ0v) is 16.0. The normalized spacial score (nSPS) is 14.2. The Morgan fingerprint density at radius 3 is 2.88 bits per heavy atom. The maximum absolute atomic E-state index is 14.0. The van der Waals surface area contributed by atoms with Crippen molar-refractivity contribution in [1.82, 2.24) is 14.8 Å². The minimum Gasteiger partial charge on any atom is -0.303 e. The standard InChI is InChI=1S/C17H15BrFN3S2/c18-12-4-3-11(15(19)8-12)10-24-17-21-20-16(22(17)13-5-6-13)9-14-2-1-7-23-14/h1-4,7-8,13H,5-6,9-10H2. The number of benzene rings is 1. The zero-order chi connectivity index (χ0) is 16.5. The molecule has 1 fully saturated rings. The van der Waals surface area contributed by atoms with Crippen LogP contribution in [-0.2, 0) is 12.2 Å². The fourth-order valence-electron chi connectivity index (χ4n) is 2.58. The van der Waals surface area contributed by atoms with E-state index >= 15 is 0 Å². The molecule has 0 radical (unpaired) electrons. The molecule has 0 saturated heterocycles. The van der Waals surface area contributed by atoms with Crippen LogP contribution in [0.15, 0.2) is 45.3 Å².